The van der Waals surface area contributed by atoms with Crippen LogP contribution < -0.4 is 5.32 Å². The summed E-state index contributed by atoms with van der Waals surface area (Å²) in [7, 11) is 0. The first kappa shape index (κ1) is 17.2. The Bertz CT molecular complexity index is 1100. The molecule has 2 aromatic carbocycles. The van der Waals surface area contributed by atoms with Crippen molar-refractivity contribution in [3.05, 3.63) is 72.9 Å². The molecule has 0 fully saturated rings. The summed E-state index contributed by atoms with van der Waals surface area (Å²) < 4.78 is 14.9. The van der Waals surface area contributed by atoms with Crippen molar-refractivity contribution in [2.24, 2.45) is 0 Å². The van der Waals surface area contributed by atoms with Gasteiger partial charge in [-0.1, -0.05) is 36.0 Å². The van der Waals surface area contributed by atoms with Gasteiger partial charge in [-0.15, -0.1) is 0 Å². The van der Waals surface area contributed by atoms with Crippen molar-refractivity contribution >= 4 is 34.4 Å². The van der Waals surface area contributed by atoms with Gasteiger partial charge in [-0.25, -0.2) is 19.0 Å². The van der Waals surface area contributed by atoms with E-state index in [-0.39, 0.29) is 11.7 Å². The van der Waals surface area contributed by atoms with E-state index in [9.17, 15) is 9.18 Å². The molecule has 0 aliphatic heterocycles. The van der Waals surface area contributed by atoms with Gasteiger partial charge in [0, 0.05) is 5.69 Å². The number of carbonyl (C=O) groups excluding carboxylic acids is 1. The smallest absolute Gasteiger partial charge is 0.234 e. The summed E-state index contributed by atoms with van der Waals surface area (Å²) in [5, 5.41) is 8.49. The van der Waals surface area contributed by atoms with Crippen molar-refractivity contribution in [2.45, 2.75) is 5.03 Å². The van der Waals surface area contributed by atoms with Gasteiger partial charge in [0.1, 0.15) is 17.2 Å². The number of nitrogens with zero attached hydrogens (tertiary/aromatic N) is 4. The van der Waals surface area contributed by atoms with Gasteiger partial charge < -0.3 is 5.32 Å². The van der Waals surface area contributed by atoms with E-state index in [0.29, 0.717) is 16.4 Å². The van der Waals surface area contributed by atoms with E-state index < -0.39 is 5.82 Å². The second-order valence-electron chi connectivity index (χ2n) is 5.66. The lowest BCUT2D eigenvalue weighted by molar-refractivity contribution is -0.113. The molecule has 0 bridgehead atoms. The zero-order chi connectivity index (χ0) is 18.6. The van der Waals surface area contributed by atoms with Crippen LogP contribution in [-0.4, -0.2) is 31.4 Å². The fourth-order valence-electron chi connectivity index (χ4n) is 2.59. The first-order chi connectivity index (χ1) is 13.2. The maximum Gasteiger partial charge on any atom is 0.234 e. The summed E-state index contributed by atoms with van der Waals surface area (Å²) in [6.45, 7) is 0. The SMILES string of the molecule is O=C(CSc1ncnc2c1cnn2-c1ccccc1)Nc1cccc(F)c1. The van der Waals surface area contributed by atoms with E-state index in [0.717, 1.165) is 11.1 Å². The molecule has 0 aliphatic carbocycles. The molecule has 4 aromatic rings. The number of rotatable bonds is 5. The highest BCUT2D eigenvalue weighted by Crippen LogP contribution is 2.25. The quantitative estimate of drug-likeness (QED) is 0.423. The molecule has 0 saturated carbocycles. The van der Waals surface area contributed by atoms with Gasteiger partial charge in [-0.3, -0.25) is 4.79 Å². The molecule has 0 spiro atoms. The Morgan fingerprint density at radius 2 is 1.96 bits per heavy atom. The minimum atomic E-state index is -0.397. The van der Waals surface area contributed by atoms with E-state index in [1.807, 2.05) is 30.3 Å². The largest absolute Gasteiger partial charge is 0.325 e. The number of amides is 1. The zero-order valence-corrected chi connectivity index (χ0v) is 14.9. The molecule has 27 heavy (non-hydrogen) atoms. The van der Waals surface area contributed by atoms with Crippen LogP contribution in [0.2, 0.25) is 0 Å². The third-order valence-electron chi connectivity index (χ3n) is 3.78. The normalized spacial score (nSPS) is 10.9. The van der Waals surface area contributed by atoms with Gasteiger partial charge in [-0.2, -0.15) is 5.10 Å². The Kier molecular flexibility index (Phi) is 4.80. The summed E-state index contributed by atoms with van der Waals surface area (Å²) in [4.78, 5) is 20.7. The number of anilines is 1. The lowest BCUT2D eigenvalue weighted by Gasteiger charge is -2.06. The molecule has 0 saturated heterocycles. The molecule has 1 amide bonds. The minimum absolute atomic E-state index is 0.138. The molecule has 0 atom stereocenters. The number of fused-ring (bicyclic) bond motifs is 1. The zero-order valence-electron chi connectivity index (χ0n) is 14.0. The van der Waals surface area contributed by atoms with Crippen molar-refractivity contribution in [3.63, 3.8) is 0 Å². The van der Waals surface area contributed by atoms with Crippen LogP contribution in [0, 0.1) is 5.82 Å². The standard InChI is InChI=1S/C19H14FN5OS/c20-13-5-4-6-14(9-13)24-17(26)11-27-19-16-10-23-25(18(16)21-12-22-19)15-7-2-1-3-8-15/h1-10,12H,11H2,(H,24,26). The molecule has 4 rings (SSSR count). The highest BCUT2D eigenvalue weighted by molar-refractivity contribution is 8.00. The predicted octanol–water partition coefficient (Wildman–Crippen LogP) is 3.69. The van der Waals surface area contributed by atoms with Gasteiger partial charge >= 0.3 is 0 Å². The maximum absolute atomic E-state index is 13.2. The van der Waals surface area contributed by atoms with Crippen LogP contribution >= 0.6 is 11.8 Å². The number of para-hydroxylation sites is 1. The van der Waals surface area contributed by atoms with Crippen molar-refractivity contribution in [1.29, 1.82) is 0 Å². The topological polar surface area (TPSA) is 72.7 Å². The highest BCUT2D eigenvalue weighted by atomic mass is 32.2. The number of aromatic nitrogens is 4. The maximum atomic E-state index is 13.2. The monoisotopic (exact) mass is 379 g/mol. The van der Waals surface area contributed by atoms with Gasteiger partial charge in [0.25, 0.3) is 0 Å². The van der Waals surface area contributed by atoms with Crippen LogP contribution in [0.1, 0.15) is 0 Å². The van der Waals surface area contributed by atoms with Gasteiger partial charge in [-0.05, 0) is 30.3 Å². The molecule has 134 valence electrons. The summed E-state index contributed by atoms with van der Waals surface area (Å²) >= 11 is 1.28. The average molecular weight is 379 g/mol. The molecule has 2 aromatic heterocycles. The van der Waals surface area contributed by atoms with E-state index in [4.69, 9.17) is 0 Å². The van der Waals surface area contributed by atoms with E-state index in [1.165, 1.54) is 30.2 Å². The number of benzene rings is 2. The first-order valence-electron chi connectivity index (χ1n) is 8.13. The molecule has 1 N–H and O–H groups in total. The van der Waals surface area contributed by atoms with Crippen molar-refractivity contribution in [3.8, 4) is 5.69 Å². The van der Waals surface area contributed by atoms with Gasteiger partial charge in [0.15, 0.2) is 5.65 Å². The molecule has 6 nitrogen and oxygen atoms in total. The van der Waals surface area contributed by atoms with Crippen LogP contribution in [0.5, 0.6) is 0 Å². The van der Waals surface area contributed by atoms with Crippen LogP contribution in [0.4, 0.5) is 10.1 Å². The summed E-state index contributed by atoms with van der Waals surface area (Å²) in [6.07, 6.45) is 3.14. The molecule has 0 aliphatic rings. The van der Waals surface area contributed by atoms with Gasteiger partial charge in [0.2, 0.25) is 5.91 Å². The number of hydrogen-bond acceptors (Lipinski definition) is 5. The second kappa shape index (κ2) is 7.55. The molecule has 0 unspecified atom stereocenters. The fourth-order valence-corrected chi connectivity index (χ4v) is 3.35. The van der Waals surface area contributed by atoms with Crippen LogP contribution in [-0.2, 0) is 4.79 Å². The number of thioether (sulfide) groups is 1. The Balaban J connectivity index is 1.51. The molecular weight excluding hydrogens is 365 g/mol. The number of hydrogen-bond donors (Lipinski definition) is 1. The van der Waals surface area contributed by atoms with Crippen LogP contribution in [0.3, 0.4) is 0 Å². The summed E-state index contributed by atoms with van der Waals surface area (Å²) in [5.41, 5.74) is 1.99. The number of nitrogens with one attached hydrogen (secondary N) is 1. The summed E-state index contributed by atoms with van der Waals surface area (Å²) in [5.74, 6) is -0.502. The van der Waals surface area contributed by atoms with Crippen molar-refractivity contribution in [1.82, 2.24) is 19.7 Å². The van der Waals surface area contributed by atoms with Crippen LogP contribution in [0.15, 0.2) is 72.1 Å². The molecular formula is C19H14FN5OS. The second-order valence-corrected chi connectivity index (χ2v) is 6.62. The van der Waals surface area contributed by atoms with Crippen molar-refractivity contribution in [2.75, 3.05) is 11.1 Å². The van der Waals surface area contributed by atoms with E-state index in [2.05, 4.69) is 20.4 Å². The first-order valence-corrected chi connectivity index (χ1v) is 9.11. The molecule has 0 radical (unpaired) electrons. The van der Waals surface area contributed by atoms with E-state index in [1.54, 1.807) is 23.0 Å². The van der Waals surface area contributed by atoms with Crippen LogP contribution in [0.25, 0.3) is 16.7 Å². The fraction of sp³-hybridized carbons (Fsp3) is 0.0526. The molecule has 8 heteroatoms. The Morgan fingerprint density at radius 3 is 2.78 bits per heavy atom. The Labute approximate surface area is 158 Å². The predicted molar refractivity (Wildman–Crippen MR) is 102 cm³/mol. The van der Waals surface area contributed by atoms with E-state index >= 15 is 0 Å². The molecule has 2 heterocycles. The van der Waals surface area contributed by atoms with Gasteiger partial charge in [0.05, 0.1) is 23.0 Å². The lowest BCUT2D eigenvalue weighted by atomic mass is 10.3. The third-order valence-corrected chi connectivity index (χ3v) is 4.78. The average Bonchev–Trinajstić information content (AvgIpc) is 3.12. The Morgan fingerprint density at radius 1 is 1.11 bits per heavy atom. The number of halogens is 1. The Hall–Kier alpha value is -3.26. The summed E-state index contributed by atoms with van der Waals surface area (Å²) in [6, 6.07) is 15.4. The van der Waals surface area contributed by atoms with Crippen molar-refractivity contribution < 1.29 is 9.18 Å². The third kappa shape index (κ3) is 3.80. The minimum Gasteiger partial charge on any atom is -0.325 e. The number of carbonyl (C=O) groups is 1. The lowest BCUT2D eigenvalue weighted by Crippen LogP contribution is -2.14. The highest BCUT2D eigenvalue weighted by Gasteiger charge is 2.13.